The van der Waals surface area contributed by atoms with E-state index in [0.29, 0.717) is 0 Å². The average Bonchev–Trinajstić information content (AvgIpc) is 2.03. The average molecular weight is 245 g/mol. The third kappa shape index (κ3) is 2.11. The van der Waals surface area contributed by atoms with E-state index in [-0.39, 0.29) is 0 Å². The van der Waals surface area contributed by atoms with E-state index in [1.165, 1.54) is 5.19 Å². The van der Waals surface area contributed by atoms with Crippen molar-refractivity contribution >= 4 is 29.5 Å². The predicted molar refractivity (Wildman–Crippen MR) is 59.0 cm³/mol. The predicted octanol–water partition coefficient (Wildman–Crippen LogP) is 2.92. The van der Waals surface area contributed by atoms with Crippen LogP contribution in [-0.2, 0) is 0 Å². The van der Waals surface area contributed by atoms with Gasteiger partial charge in [-0.2, -0.15) is 0 Å². The van der Waals surface area contributed by atoms with Gasteiger partial charge in [0.05, 0.1) is 8.07 Å². The second-order valence-electron chi connectivity index (χ2n) is 3.82. The Labute approximate surface area is 83.2 Å². The van der Waals surface area contributed by atoms with Crippen LogP contribution in [0.5, 0.6) is 5.75 Å². The van der Waals surface area contributed by atoms with Gasteiger partial charge in [-0.3, -0.25) is 0 Å². The summed E-state index contributed by atoms with van der Waals surface area (Å²) in [6.45, 7) is 6.91. The van der Waals surface area contributed by atoms with E-state index < -0.39 is 8.07 Å². The molecule has 1 aromatic carbocycles. The Balaban J connectivity index is 3.14. The van der Waals surface area contributed by atoms with Crippen LogP contribution in [0.1, 0.15) is 0 Å². The van der Waals surface area contributed by atoms with Crippen LogP contribution in [0.3, 0.4) is 0 Å². The van der Waals surface area contributed by atoms with Gasteiger partial charge in [-0.15, -0.1) is 0 Å². The van der Waals surface area contributed by atoms with E-state index in [0.717, 1.165) is 5.75 Å². The number of rotatable bonds is 2. The van der Waals surface area contributed by atoms with Gasteiger partial charge in [-0.1, -0.05) is 37.8 Å². The van der Waals surface area contributed by atoms with Crippen molar-refractivity contribution in [3.63, 3.8) is 0 Å². The second kappa shape index (κ2) is 3.62. The number of para-hydroxylation sites is 1. The maximum absolute atomic E-state index is 5.12. The Morgan fingerprint density at radius 1 is 1.17 bits per heavy atom. The van der Waals surface area contributed by atoms with Crippen LogP contribution >= 0.6 is 16.3 Å². The van der Waals surface area contributed by atoms with E-state index in [1.807, 2.05) is 12.1 Å². The fraction of sp³-hybridized carbons (Fsp3) is 0.333. The normalized spacial score (nSPS) is 11.3. The van der Waals surface area contributed by atoms with E-state index in [2.05, 4.69) is 48.0 Å². The topological polar surface area (TPSA) is 9.23 Å². The van der Waals surface area contributed by atoms with Crippen molar-refractivity contribution in [1.82, 2.24) is 0 Å². The molecule has 0 unspecified atom stereocenters. The molecule has 66 valence electrons. The smallest absolute Gasteiger partial charge is 0.179 e. The first-order valence-corrected chi connectivity index (χ1v) is 8.08. The molecule has 1 aromatic rings. The van der Waals surface area contributed by atoms with Gasteiger partial charge >= 0.3 is 0 Å². The summed E-state index contributed by atoms with van der Waals surface area (Å²) in [5.41, 5.74) is 0. The number of hydrogen-bond acceptors (Lipinski definition) is 1. The minimum atomic E-state index is -1.25. The van der Waals surface area contributed by atoms with Crippen LogP contribution in [0, 0.1) is 0 Å². The molecule has 0 saturated heterocycles. The largest absolute Gasteiger partial charge is 0.418 e. The third-order valence-electron chi connectivity index (χ3n) is 1.78. The Morgan fingerprint density at radius 2 is 1.75 bits per heavy atom. The van der Waals surface area contributed by atoms with Crippen molar-refractivity contribution in [3.05, 3.63) is 24.3 Å². The van der Waals surface area contributed by atoms with Gasteiger partial charge in [0.15, 0.2) is 16.3 Å². The monoisotopic (exact) mass is 244 g/mol. The van der Waals surface area contributed by atoms with Gasteiger partial charge in [0.1, 0.15) is 5.75 Å². The van der Waals surface area contributed by atoms with Crippen molar-refractivity contribution in [1.29, 1.82) is 0 Å². The molecule has 0 radical (unpaired) electrons. The Bertz CT molecular complexity index is 267. The molecule has 0 aliphatic carbocycles. The van der Waals surface area contributed by atoms with Gasteiger partial charge in [-0.25, -0.2) is 0 Å². The summed E-state index contributed by atoms with van der Waals surface area (Å²) in [5.74, 6) is 0.955. The van der Waals surface area contributed by atoms with E-state index in [9.17, 15) is 0 Å². The molecule has 0 N–H and O–H groups in total. The van der Waals surface area contributed by atoms with Crippen LogP contribution < -0.4 is 9.02 Å². The Morgan fingerprint density at radius 3 is 2.17 bits per heavy atom. The van der Waals surface area contributed by atoms with Gasteiger partial charge < -0.3 is 3.83 Å². The first kappa shape index (κ1) is 9.80. The molecular weight excluding hydrogens is 232 g/mol. The fourth-order valence-electron chi connectivity index (χ4n) is 1.15. The summed E-state index contributed by atoms with van der Waals surface area (Å²) < 4.78 is 5.12. The zero-order chi connectivity index (χ0) is 9.19. The van der Waals surface area contributed by atoms with Crippen LogP contribution in [0.25, 0.3) is 0 Å². The molecule has 1 rings (SSSR count). The quantitative estimate of drug-likeness (QED) is 0.728. The zero-order valence-electron chi connectivity index (χ0n) is 7.60. The second-order valence-corrected chi connectivity index (χ2v) is 9.19. The summed E-state index contributed by atoms with van der Waals surface area (Å²) >= 11 is 3.02. The molecule has 0 aliphatic rings. The van der Waals surface area contributed by atoms with Gasteiger partial charge in [0.25, 0.3) is 0 Å². The molecular formula is C9H13BrOSi. The minimum Gasteiger partial charge on any atom is -0.418 e. The van der Waals surface area contributed by atoms with Gasteiger partial charge in [0, 0.05) is 0 Å². The van der Waals surface area contributed by atoms with Crippen molar-refractivity contribution < 1.29 is 3.83 Å². The molecule has 0 fully saturated rings. The summed E-state index contributed by atoms with van der Waals surface area (Å²) in [6.07, 6.45) is 0. The molecule has 0 spiro atoms. The maximum atomic E-state index is 5.12. The van der Waals surface area contributed by atoms with E-state index >= 15 is 0 Å². The Kier molecular flexibility index (Phi) is 2.96. The summed E-state index contributed by atoms with van der Waals surface area (Å²) in [5, 5.41) is 1.35. The summed E-state index contributed by atoms with van der Waals surface area (Å²) in [7, 11) is -1.25. The van der Waals surface area contributed by atoms with Gasteiger partial charge in [0.2, 0.25) is 0 Å². The van der Waals surface area contributed by atoms with Crippen molar-refractivity contribution in [2.24, 2.45) is 0 Å². The lowest BCUT2D eigenvalue weighted by Gasteiger charge is -2.18. The van der Waals surface area contributed by atoms with Crippen LogP contribution in [0.4, 0.5) is 0 Å². The highest BCUT2D eigenvalue weighted by atomic mass is 79.9. The molecule has 0 aromatic heterocycles. The van der Waals surface area contributed by atoms with Crippen molar-refractivity contribution in [2.75, 3.05) is 0 Å². The summed E-state index contributed by atoms with van der Waals surface area (Å²) in [4.78, 5) is 0. The van der Waals surface area contributed by atoms with Crippen molar-refractivity contribution in [2.45, 2.75) is 19.6 Å². The minimum absolute atomic E-state index is 0.955. The maximum Gasteiger partial charge on any atom is 0.179 e. The van der Waals surface area contributed by atoms with E-state index in [4.69, 9.17) is 3.83 Å². The van der Waals surface area contributed by atoms with Crippen molar-refractivity contribution in [3.8, 4) is 5.75 Å². The highest BCUT2D eigenvalue weighted by molar-refractivity contribution is 9.06. The SMILES string of the molecule is C[Si](C)(C)c1ccccc1OBr. The molecule has 3 heteroatoms. The molecule has 0 atom stereocenters. The molecule has 12 heavy (non-hydrogen) atoms. The molecule has 0 saturated carbocycles. The number of benzene rings is 1. The van der Waals surface area contributed by atoms with Gasteiger partial charge in [-0.05, 0) is 11.3 Å². The lowest BCUT2D eigenvalue weighted by Crippen LogP contribution is -2.38. The highest BCUT2D eigenvalue weighted by Gasteiger charge is 2.20. The zero-order valence-corrected chi connectivity index (χ0v) is 10.2. The third-order valence-corrected chi connectivity index (χ3v) is 4.16. The van der Waals surface area contributed by atoms with Crippen LogP contribution in [0.15, 0.2) is 24.3 Å². The Hall–Kier alpha value is -0.283. The first-order valence-electron chi connectivity index (χ1n) is 3.94. The molecule has 1 nitrogen and oxygen atoms in total. The standard InChI is InChI=1S/C9H13BrOSi/c1-12(2,3)9-7-5-4-6-8(9)11-10/h4-7H,1-3H3. The molecule has 0 heterocycles. The van der Waals surface area contributed by atoms with Crippen LogP contribution in [0.2, 0.25) is 19.6 Å². The summed E-state index contributed by atoms with van der Waals surface area (Å²) in [6, 6.07) is 8.18. The molecule has 0 aliphatic heterocycles. The van der Waals surface area contributed by atoms with Crippen LogP contribution in [-0.4, -0.2) is 8.07 Å². The highest BCUT2D eigenvalue weighted by Crippen LogP contribution is 2.15. The fourth-order valence-corrected chi connectivity index (χ4v) is 3.06. The first-order chi connectivity index (χ1) is 5.55. The number of halogens is 1. The number of hydrogen-bond donors (Lipinski definition) is 0. The van der Waals surface area contributed by atoms with E-state index in [1.54, 1.807) is 0 Å². The molecule has 0 amide bonds. The molecule has 0 bridgehead atoms. The lowest BCUT2D eigenvalue weighted by molar-refractivity contribution is 0.683. The lowest BCUT2D eigenvalue weighted by atomic mass is 10.3.